The fourth-order valence-corrected chi connectivity index (χ4v) is 2.51. The maximum absolute atomic E-state index is 9.07. The lowest BCUT2D eigenvalue weighted by atomic mass is 9.90. The minimum absolute atomic E-state index is 0.562. The quantitative estimate of drug-likeness (QED) is 0.686. The molecular formula is C15H17N3O2. The molecule has 0 fully saturated rings. The first-order chi connectivity index (χ1) is 9.86. The van der Waals surface area contributed by atoms with Crippen LogP contribution in [0.5, 0.6) is 5.75 Å². The summed E-state index contributed by atoms with van der Waals surface area (Å²) in [5.41, 5.74) is 2.99. The molecule has 0 aliphatic heterocycles. The summed E-state index contributed by atoms with van der Waals surface area (Å²) in [5.74, 6) is 0.805. The summed E-state index contributed by atoms with van der Waals surface area (Å²) in [7, 11) is 0. The highest BCUT2D eigenvalue weighted by Gasteiger charge is 2.16. The Morgan fingerprint density at radius 3 is 3.10 bits per heavy atom. The Morgan fingerprint density at radius 2 is 2.30 bits per heavy atom. The van der Waals surface area contributed by atoms with Crippen molar-refractivity contribution in [1.29, 1.82) is 0 Å². The molecule has 0 saturated heterocycles. The highest BCUT2D eigenvalue weighted by molar-refractivity contribution is 6.02. The van der Waals surface area contributed by atoms with Crippen molar-refractivity contribution in [3.8, 4) is 5.75 Å². The molecule has 0 bridgehead atoms. The molecular weight excluding hydrogens is 254 g/mol. The molecule has 1 aliphatic rings. The van der Waals surface area contributed by atoms with Crippen LogP contribution < -0.4 is 4.74 Å². The van der Waals surface area contributed by atoms with Gasteiger partial charge in [0.15, 0.2) is 0 Å². The number of fused-ring (bicyclic) bond motifs is 1. The number of nitrogens with zero attached hydrogens (tertiary/aromatic N) is 3. The van der Waals surface area contributed by atoms with Gasteiger partial charge in [0, 0.05) is 18.0 Å². The van der Waals surface area contributed by atoms with Crippen molar-refractivity contribution in [3.05, 3.63) is 47.8 Å². The molecule has 104 valence electrons. The van der Waals surface area contributed by atoms with Gasteiger partial charge in [-0.15, -0.1) is 0 Å². The van der Waals surface area contributed by atoms with E-state index >= 15 is 0 Å². The van der Waals surface area contributed by atoms with Crippen molar-refractivity contribution in [2.45, 2.75) is 25.8 Å². The first-order valence-electron chi connectivity index (χ1n) is 6.81. The van der Waals surface area contributed by atoms with Crippen LogP contribution in [0.1, 0.15) is 24.0 Å². The monoisotopic (exact) mass is 271 g/mol. The van der Waals surface area contributed by atoms with Crippen molar-refractivity contribution in [2.24, 2.45) is 5.16 Å². The van der Waals surface area contributed by atoms with Crippen molar-refractivity contribution in [2.75, 3.05) is 6.61 Å². The summed E-state index contributed by atoms with van der Waals surface area (Å²) in [5, 5.41) is 16.6. The number of hydrogen-bond donors (Lipinski definition) is 1. The van der Waals surface area contributed by atoms with Gasteiger partial charge in [0.25, 0.3) is 0 Å². The molecule has 0 saturated carbocycles. The second-order valence-electron chi connectivity index (χ2n) is 4.84. The molecule has 0 atom stereocenters. The third-order valence-electron chi connectivity index (χ3n) is 3.52. The minimum atomic E-state index is 0.562. The average molecular weight is 271 g/mol. The second kappa shape index (κ2) is 5.77. The molecule has 1 aliphatic carbocycles. The van der Waals surface area contributed by atoms with Gasteiger partial charge in [0.2, 0.25) is 0 Å². The number of benzene rings is 1. The van der Waals surface area contributed by atoms with Crippen LogP contribution in [0.3, 0.4) is 0 Å². The van der Waals surface area contributed by atoms with E-state index in [9.17, 15) is 0 Å². The van der Waals surface area contributed by atoms with Gasteiger partial charge in [-0.05, 0) is 43.0 Å². The average Bonchev–Trinajstić information content (AvgIpc) is 3.00. The van der Waals surface area contributed by atoms with Crippen molar-refractivity contribution in [1.82, 2.24) is 9.78 Å². The van der Waals surface area contributed by atoms with E-state index < -0.39 is 0 Å². The number of hydrogen-bond acceptors (Lipinski definition) is 4. The molecule has 20 heavy (non-hydrogen) atoms. The molecule has 0 amide bonds. The third-order valence-corrected chi connectivity index (χ3v) is 3.52. The summed E-state index contributed by atoms with van der Waals surface area (Å²) in [6.07, 6.45) is 6.55. The first-order valence-corrected chi connectivity index (χ1v) is 6.81. The van der Waals surface area contributed by atoms with Gasteiger partial charge in [-0.3, -0.25) is 4.68 Å². The zero-order valence-electron chi connectivity index (χ0n) is 11.2. The van der Waals surface area contributed by atoms with E-state index in [1.165, 1.54) is 5.56 Å². The molecule has 1 aromatic carbocycles. The van der Waals surface area contributed by atoms with E-state index in [1.807, 2.05) is 29.1 Å². The number of rotatable bonds is 4. The zero-order valence-corrected chi connectivity index (χ0v) is 11.2. The zero-order chi connectivity index (χ0) is 13.8. The molecule has 1 heterocycles. The van der Waals surface area contributed by atoms with Crippen LogP contribution in [0, 0.1) is 0 Å². The SMILES string of the molecule is O/N=C1/CCCc2ccc(OCCn3cccn3)cc21. The van der Waals surface area contributed by atoms with Crippen LogP contribution in [-0.4, -0.2) is 27.3 Å². The molecule has 2 aromatic rings. The maximum atomic E-state index is 9.07. The Balaban J connectivity index is 1.68. The molecule has 3 rings (SSSR count). The standard InChI is InChI=1S/C15H17N3O2/c19-17-15-4-1-3-12-5-6-13(11-14(12)15)20-10-9-18-8-2-7-16-18/h2,5-8,11,19H,1,3-4,9-10H2/b17-15-. The van der Waals surface area contributed by atoms with Gasteiger partial charge >= 0.3 is 0 Å². The van der Waals surface area contributed by atoms with Gasteiger partial charge in [-0.25, -0.2) is 0 Å². The van der Waals surface area contributed by atoms with Crippen LogP contribution >= 0.6 is 0 Å². The van der Waals surface area contributed by atoms with Crippen LogP contribution in [-0.2, 0) is 13.0 Å². The van der Waals surface area contributed by atoms with Crippen LogP contribution in [0.25, 0.3) is 0 Å². The fourth-order valence-electron chi connectivity index (χ4n) is 2.51. The Hall–Kier alpha value is -2.30. The van der Waals surface area contributed by atoms with Crippen LogP contribution in [0.2, 0.25) is 0 Å². The van der Waals surface area contributed by atoms with E-state index in [4.69, 9.17) is 9.94 Å². The Bertz CT molecular complexity index is 606. The highest BCUT2D eigenvalue weighted by atomic mass is 16.5. The van der Waals surface area contributed by atoms with Crippen molar-refractivity contribution >= 4 is 5.71 Å². The largest absolute Gasteiger partial charge is 0.492 e. The van der Waals surface area contributed by atoms with Crippen molar-refractivity contribution < 1.29 is 9.94 Å². The van der Waals surface area contributed by atoms with Gasteiger partial charge < -0.3 is 9.94 Å². The fraction of sp³-hybridized carbons (Fsp3) is 0.333. The summed E-state index contributed by atoms with van der Waals surface area (Å²) in [6.45, 7) is 1.27. The maximum Gasteiger partial charge on any atom is 0.120 e. The van der Waals surface area contributed by atoms with Gasteiger partial charge in [-0.1, -0.05) is 11.2 Å². The summed E-state index contributed by atoms with van der Waals surface area (Å²) in [4.78, 5) is 0. The molecule has 0 spiro atoms. The molecule has 1 aromatic heterocycles. The molecule has 0 unspecified atom stereocenters. The van der Waals surface area contributed by atoms with E-state index in [-0.39, 0.29) is 0 Å². The normalized spacial score (nSPS) is 16.1. The predicted octanol–water partition coefficient (Wildman–Crippen LogP) is 2.48. The molecule has 5 heteroatoms. The number of aryl methyl sites for hydroxylation is 1. The second-order valence-corrected chi connectivity index (χ2v) is 4.84. The molecule has 0 radical (unpaired) electrons. The summed E-state index contributed by atoms with van der Waals surface area (Å²) < 4.78 is 7.57. The molecule has 1 N–H and O–H groups in total. The Kier molecular flexibility index (Phi) is 3.67. The first kappa shape index (κ1) is 12.7. The van der Waals surface area contributed by atoms with Crippen LogP contribution in [0.15, 0.2) is 41.8 Å². The van der Waals surface area contributed by atoms with E-state index in [0.717, 1.165) is 36.3 Å². The highest BCUT2D eigenvalue weighted by Crippen LogP contribution is 2.25. The minimum Gasteiger partial charge on any atom is -0.492 e. The predicted molar refractivity (Wildman–Crippen MR) is 75.4 cm³/mol. The number of oxime groups is 1. The van der Waals surface area contributed by atoms with Gasteiger partial charge in [0.1, 0.15) is 12.4 Å². The number of aromatic nitrogens is 2. The topological polar surface area (TPSA) is 59.6 Å². The smallest absolute Gasteiger partial charge is 0.120 e. The molecule has 5 nitrogen and oxygen atoms in total. The van der Waals surface area contributed by atoms with E-state index in [1.54, 1.807) is 6.20 Å². The summed E-state index contributed by atoms with van der Waals surface area (Å²) >= 11 is 0. The lowest BCUT2D eigenvalue weighted by molar-refractivity contribution is 0.291. The Morgan fingerprint density at radius 1 is 1.35 bits per heavy atom. The number of ether oxygens (including phenoxy) is 1. The Labute approximate surface area is 117 Å². The van der Waals surface area contributed by atoms with Gasteiger partial charge in [0.05, 0.1) is 12.3 Å². The van der Waals surface area contributed by atoms with Gasteiger partial charge in [-0.2, -0.15) is 5.10 Å². The van der Waals surface area contributed by atoms with E-state index in [2.05, 4.69) is 16.3 Å². The van der Waals surface area contributed by atoms with E-state index in [0.29, 0.717) is 13.2 Å². The van der Waals surface area contributed by atoms with Crippen molar-refractivity contribution in [3.63, 3.8) is 0 Å². The summed E-state index contributed by atoms with van der Waals surface area (Å²) in [6, 6.07) is 7.89. The van der Waals surface area contributed by atoms with Crippen LogP contribution in [0.4, 0.5) is 0 Å². The third kappa shape index (κ3) is 2.66. The lowest BCUT2D eigenvalue weighted by Crippen LogP contribution is -2.13. The lowest BCUT2D eigenvalue weighted by Gasteiger charge is -2.18.